The fraction of sp³-hybridized carbons (Fsp3) is 0.619. The molecule has 22 heavy (non-hydrogen) atoms. The van der Waals surface area contributed by atoms with Crippen LogP contribution in [0.5, 0.6) is 5.75 Å². The van der Waals surface area contributed by atoms with E-state index < -0.39 is 0 Å². The molecule has 1 N–H and O–H groups in total. The SMILES string of the molecule is CC(C)=CC1C[C@H](C)[C@H]2CC[C@H](C)c3c(O)c(C)c(C)c1c32. The van der Waals surface area contributed by atoms with E-state index in [9.17, 15) is 5.11 Å². The van der Waals surface area contributed by atoms with Crippen molar-refractivity contribution in [3.05, 3.63) is 39.5 Å². The maximum Gasteiger partial charge on any atom is 0.122 e. The summed E-state index contributed by atoms with van der Waals surface area (Å²) in [5.74, 6) is 2.95. The van der Waals surface area contributed by atoms with Crippen LogP contribution in [0.25, 0.3) is 0 Å². The average Bonchev–Trinajstić information content (AvgIpc) is 2.43. The van der Waals surface area contributed by atoms with Crippen LogP contribution in [0.4, 0.5) is 0 Å². The van der Waals surface area contributed by atoms with Crippen LogP contribution in [0.1, 0.15) is 92.5 Å². The highest BCUT2D eigenvalue weighted by atomic mass is 16.3. The average molecular weight is 298 g/mol. The molecule has 1 nitrogen and oxygen atoms in total. The highest BCUT2D eigenvalue weighted by molar-refractivity contribution is 5.60. The van der Waals surface area contributed by atoms with Crippen molar-refractivity contribution in [1.29, 1.82) is 0 Å². The molecule has 0 amide bonds. The van der Waals surface area contributed by atoms with E-state index in [-0.39, 0.29) is 0 Å². The molecule has 0 saturated carbocycles. The van der Waals surface area contributed by atoms with Crippen molar-refractivity contribution in [1.82, 2.24) is 0 Å². The van der Waals surface area contributed by atoms with Gasteiger partial charge < -0.3 is 5.11 Å². The van der Waals surface area contributed by atoms with Gasteiger partial charge in [-0.2, -0.15) is 0 Å². The van der Waals surface area contributed by atoms with E-state index in [0.29, 0.717) is 29.4 Å². The molecule has 2 aliphatic rings. The fourth-order valence-corrected chi connectivity index (χ4v) is 4.96. The van der Waals surface area contributed by atoms with Crippen molar-refractivity contribution in [2.24, 2.45) is 5.92 Å². The van der Waals surface area contributed by atoms with E-state index >= 15 is 0 Å². The Balaban J connectivity index is 2.33. The van der Waals surface area contributed by atoms with E-state index in [0.717, 1.165) is 5.56 Å². The number of hydrogen-bond donors (Lipinski definition) is 1. The number of phenols is 1. The van der Waals surface area contributed by atoms with Crippen molar-refractivity contribution in [2.75, 3.05) is 0 Å². The molecule has 1 aromatic rings. The van der Waals surface area contributed by atoms with Gasteiger partial charge in [0.15, 0.2) is 0 Å². The van der Waals surface area contributed by atoms with Crippen LogP contribution in [-0.4, -0.2) is 5.11 Å². The molecule has 0 fully saturated rings. The Morgan fingerprint density at radius 2 is 1.68 bits per heavy atom. The number of phenolic OH excluding ortho intramolecular Hbond substituents is 1. The number of allylic oxidation sites excluding steroid dienone is 2. The molecule has 0 aromatic heterocycles. The van der Waals surface area contributed by atoms with E-state index in [1.54, 1.807) is 5.56 Å². The third kappa shape index (κ3) is 2.21. The first-order valence-corrected chi connectivity index (χ1v) is 8.83. The lowest BCUT2D eigenvalue weighted by Crippen LogP contribution is -2.28. The molecule has 0 spiro atoms. The standard InChI is InChI=1S/C21H30O/c1-11(2)9-16-10-13(4)17-8-7-12(3)18-20(17)19(16)14(5)15(6)21(18)22/h9,12-13,16-17,22H,7-8,10H2,1-6H3/t12-,13-,16?,17+/m0/s1. The normalized spacial score (nSPS) is 29.9. The van der Waals surface area contributed by atoms with Crippen LogP contribution in [0.2, 0.25) is 0 Å². The third-order valence-corrected chi connectivity index (χ3v) is 6.15. The highest BCUT2D eigenvalue weighted by Crippen LogP contribution is 2.56. The smallest absolute Gasteiger partial charge is 0.122 e. The molecule has 0 bridgehead atoms. The largest absolute Gasteiger partial charge is 0.507 e. The zero-order valence-electron chi connectivity index (χ0n) is 15.0. The first-order chi connectivity index (χ1) is 10.3. The van der Waals surface area contributed by atoms with Gasteiger partial charge in [-0.1, -0.05) is 25.5 Å². The summed E-state index contributed by atoms with van der Waals surface area (Å²) in [7, 11) is 0. The monoisotopic (exact) mass is 298 g/mol. The molecule has 0 heterocycles. The van der Waals surface area contributed by atoms with Crippen LogP contribution in [-0.2, 0) is 0 Å². The van der Waals surface area contributed by atoms with Crippen molar-refractivity contribution in [2.45, 2.75) is 78.6 Å². The zero-order valence-corrected chi connectivity index (χ0v) is 15.0. The molecule has 0 radical (unpaired) electrons. The van der Waals surface area contributed by atoms with E-state index in [1.165, 1.54) is 41.5 Å². The van der Waals surface area contributed by atoms with Crippen LogP contribution in [0, 0.1) is 19.8 Å². The van der Waals surface area contributed by atoms with Crippen molar-refractivity contribution >= 4 is 0 Å². The van der Waals surface area contributed by atoms with Crippen LogP contribution in [0.3, 0.4) is 0 Å². The number of rotatable bonds is 1. The first-order valence-electron chi connectivity index (χ1n) is 8.83. The Bertz CT molecular complexity index is 634. The van der Waals surface area contributed by atoms with Crippen LogP contribution < -0.4 is 0 Å². The summed E-state index contributed by atoms with van der Waals surface area (Å²) in [4.78, 5) is 0. The Morgan fingerprint density at radius 3 is 2.32 bits per heavy atom. The lowest BCUT2D eigenvalue weighted by atomic mass is 9.61. The van der Waals surface area contributed by atoms with E-state index in [1.807, 2.05) is 0 Å². The third-order valence-electron chi connectivity index (χ3n) is 6.15. The van der Waals surface area contributed by atoms with Gasteiger partial charge in [0, 0.05) is 11.5 Å². The summed E-state index contributed by atoms with van der Waals surface area (Å²) < 4.78 is 0. The van der Waals surface area contributed by atoms with Gasteiger partial charge in [-0.3, -0.25) is 0 Å². The Kier molecular flexibility index (Phi) is 3.87. The maximum atomic E-state index is 10.8. The Labute approximate surface area is 135 Å². The lowest BCUT2D eigenvalue weighted by molar-refractivity contribution is 0.325. The van der Waals surface area contributed by atoms with Gasteiger partial charge >= 0.3 is 0 Å². The molecule has 1 unspecified atom stereocenters. The molecule has 1 aromatic carbocycles. The van der Waals surface area contributed by atoms with Gasteiger partial charge in [0.25, 0.3) is 0 Å². The number of hydrogen-bond acceptors (Lipinski definition) is 1. The van der Waals surface area contributed by atoms with E-state index in [2.05, 4.69) is 47.6 Å². The van der Waals surface area contributed by atoms with Crippen molar-refractivity contribution in [3.63, 3.8) is 0 Å². The van der Waals surface area contributed by atoms with Gasteiger partial charge in [0.2, 0.25) is 0 Å². The summed E-state index contributed by atoms with van der Waals surface area (Å²) in [6.45, 7) is 13.4. The van der Waals surface area contributed by atoms with Gasteiger partial charge in [-0.05, 0) is 87.0 Å². The molecule has 0 saturated heterocycles. The number of benzene rings is 1. The van der Waals surface area contributed by atoms with Gasteiger partial charge in [-0.15, -0.1) is 0 Å². The second kappa shape index (κ2) is 5.44. The van der Waals surface area contributed by atoms with Gasteiger partial charge in [-0.25, -0.2) is 0 Å². The quantitative estimate of drug-likeness (QED) is 0.623. The minimum atomic E-state index is 0.488. The minimum Gasteiger partial charge on any atom is -0.507 e. The van der Waals surface area contributed by atoms with Gasteiger partial charge in [0.05, 0.1) is 0 Å². The van der Waals surface area contributed by atoms with E-state index in [4.69, 9.17) is 0 Å². The molecule has 4 atom stereocenters. The lowest BCUT2D eigenvalue weighted by Gasteiger charge is -2.43. The second-order valence-electron chi connectivity index (χ2n) is 7.99. The second-order valence-corrected chi connectivity index (χ2v) is 7.99. The number of aromatic hydroxyl groups is 1. The summed E-state index contributed by atoms with van der Waals surface area (Å²) in [5.41, 5.74) is 8.15. The molecular formula is C21H30O. The van der Waals surface area contributed by atoms with Gasteiger partial charge in [0.1, 0.15) is 5.75 Å². The predicted molar refractivity (Wildman–Crippen MR) is 93.9 cm³/mol. The summed E-state index contributed by atoms with van der Waals surface area (Å²) in [5, 5.41) is 10.8. The Morgan fingerprint density at radius 1 is 1.00 bits per heavy atom. The van der Waals surface area contributed by atoms with Crippen molar-refractivity contribution < 1.29 is 5.11 Å². The minimum absolute atomic E-state index is 0.488. The predicted octanol–water partition coefficient (Wildman–Crippen LogP) is 6.08. The highest BCUT2D eigenvalue weighted by Gasteiger charge is 2.40. The maximum absolute atomic E-state index is 10.8. The summed E-state index contributed by atoms with van der Waals surface area (Å²) in [6, 6.07) is 0. The molecule has 3 rings (SSSR count). The molecule has 1 heteroatoms. The fourth-order valence-electron chi connectivity index (χ4n) is 4.96. The first kappa shape index (κ1) is 15.6. The Hall–Kier alpha value is -1.24. The topological polar surface area (TPSA) is 20.2 Å². The van der Waals surface area contributed by atoms with Crippen molar-refractivity contribution in [3.8, 4) is 5.75 Å². The molecule has 0 aliphatic heterocycles. The summed E-state index contributed by atoms with van der Waals surface area (Å²) >= 11 is 0. The van der Waals surface area contributed by atoms with Crippen LogP contribution >= 0.6 is 0 Å². The summed E-state index contributed by atoms with van der Waals surface area (Å²) in [6.07, 6.45) is 6.20. The molecular weight excluding hydrogens is 268 g/mol. The molecule has 120 valence electrons. The zero-order chi connectivity index (χ0) is 16.2. The van der Waals surface area contributed by atoms with Crippen LogP contribution in [0.15, 0.2) is 11.6 Å². The molecule has 2 aliphatic carbocycles.